The van der Waals surface area contributed by atoms with E-state index in [0.717, 1.165) is 47.2 Å². The molecule has 164 valence electrons. The van der Waals surface area contributed by atoms with Crippen LogP contribution in [-0.4, -0.2) is 56.3 Å². The van der Waals surface area contributed by atoms with Crippen molar-refractivity contribution in [3.05, 3.63) is 67.3 Å². The summed E-state index contributed by atoms with van der Waals surface area (Å²) < 4.78 is 5.80. The maximum Gasteiger partial charge on any atom is 0.227 e. The van der Waals surface area contributed by atoms with Gasteiger partial charge in [-0.15, -0.1) is 0 Å². The number of ether oxygens (including phenoxy) is 1. The molecule has 9 nitrogen and oxygen atoms in total. The SMILES string of the molecule is OCCNCCCOc1cccc(Nc2nccc(-c3cnc(-c4cccnc4)[nH]3)n2)c1. The summed E-state index contributed by atoms with van der Waals surface area (Å²) in [6, 6.07) is 13.3. The van der Waals surface area contributed by atoms with Crippen molar-refractivity contribution < 1.29 is 9.84 Å². The second kappa shape index (κ2) is 11.0. The molecule has 0 aliphatic carbocycles. The molecule has 0 atom stereocenters. The number of benzene rings is 1. The van der Waals surface area contributed by atoms with Gasteiger partial charge in [0.15, 0.2) is 0 Å². The fourth-order valence-corrected chi connectivity index (χ4v) is 3.05. The van der Waals surface area contributed by atoms with Crippen LogP contribution in [0.25, 0.3) is 22.8 Å². The predicted octanol–water partition coefficient (Wildman–Crippen LogP) is 3.02. The van der Waals surface area contributed by atoms with E-state index in [0.29, 0.717) is 19.1 Å². The molecule has 1 aromatic carbocycles. The van der Waals surface area contributed by atoms with Gasteiger partial charge in [0.25, 0.3) is 0 Å². The second-order valence-electron chi connectivity index (χ2n) is 6.98. The number of aliphatic hydroxyl groups excluding tert-OH is 1. The van der Waals surface area contributed by atoms with Crippen LogP contribution in [0.4, 0.5) is 11.6 Å². The molecule has 0 saturated heterocycles. The molecule has 0 amide bonds. The molecule has 0 aliphatic heterocycles. The van der Waals surface area contributed by atoms with Crippen LogP contribution in [0.3, 0.4) is 0 Å². The lowest BCUT2D eigenvalue weighted by atomic mass is 10.3. The molecule has 32 heavy (non-hydrogen) atoms. The number of nitrogens with zero attached hydrogens (tertiary/aromatic N) is 4. The highest BCUT2D eigenvalue weighted by molar-refractivity contribution is 5.63. The summed E-state index contributed by atoms with van der Waals surface area (Å²) >= 11 is 0. The third-order valence-corrected chi connectivity index (χ3v) is 4.59. The van der Waals surface area contributed by atoms with Crippen LogP contribution in [-0.2, 0) is 0 Å². The Morgan fingerprint density at radius 1 is 1.00 bits per heavy atom. The average Bonchev–Trinajstić information content (AvgIpc) is 3.33. The first-order valence-electron chi connectivity index (χ1n) is 10.4. The van der Waals surface area contributed by atoms with Crippen LogP contribution in [0.15, 0.2) is 67.3 Å². The highest BCUT2D eigenvalue weighted by atomic mass is 16.5. The van der Waals surface area contributed by atoms with E-state index in [1.807, 2.05) is 42.5 Å². The van der Waals surface area contributed by atoms with Crippen molar-refractivity contribution >= 4 is 11.6 Å². The van der Waals surface area contributed by atoms with Gasteiger partial charge < -0.3 is 25.5 Å². The summed E-state index contributed by atoms with van der Waals surface area (Å²) in [7, 11) is 0. The quantitative estimate of drug-likeness (QED) is 0.268. The number of hydrogen-bond acceptors (Lipinski definition) is 8. The van der Waals surface area contributed by atoms with Gasteiger partial charge in [-0.05, 0) is 43.3 Å². The lowest BCUT2D eigenvalue weighted by molar-refractivity contribution is 0.282. The Balaban J connectivity index is 1.39. The summed E-state index contributed by atoms with van der Waals surface area (Å²) in [6.07, 6.45) is 7.80. The van der Waals surface area contributed by atoms with E-state index in [2.05, 4.69) is 35.6 Å². The summed E-state index contributed by atoms with van der Waals surface area (Å²) in [4.78, 5) is 20.8. The number of aliphatic hydroxyl groups is 1. The minimum absolute atomic E-state index is 0.143. The van der Waals surface area contributed by atoms with Crippen LogP contribution >= 0.6 is 0 Å². The molecule has 0 radical (unpaired) electrons. The number of aromatic amines is 1. The average molecular weight is 432 g/mol. The number of imidazole rings is 1. The zero-order chi connectivity index (χ0) is 22.0. The van der Waals surface area contributed by atoms with E-state index in [9.17, 15) is 0 Å². The molecule has 0 unspecified atom stereocenters. The maximum atomic E-state index is 8.76. The fourth-order valence-electron chi connectivity index (χ4n) is 3.05. The van der Waals surface area contributed by atoms with Gasteiger partial charge in [0, 0.05) is 42.5 Å². The number of anilines is 2. The van der Waals surface area contributed by atoms with E-state index in [1.54, 1.807) is 24.8 Å². The van der Waals surface area contributed by atoms with E-state index in [-0.39, 0.29) is 6.61 Å². The van der Waals surface area contributed by atoms with Crippen LogP contribution in [0.5, 0.6) is 5.75 Å². The minimum Gasteiger partial charge on any atom is -0.493 e. The zero-order valence-corrected chi connectivity index (χ0v) is 17.5. The smallest absolute Gasteiger partial charge is 0.227 e. The molecule has 4 aromatic rings. The lowest BCUT2D eigenvalue weighted by Crippen LogP contribution is -2.20. The molecule has 4 rings (SSSR count). The van der Waals surface area contributed by atoms with Gasteiger partial charge in [0.2, 0.25) is 5.95 Å². The van der Waals surface area contributed by atoms with Gasteiger partial charge in [0.1, 0.15) is 11.6 Å². The standard InChI is InChI=1S/C23H25N7O2/c31-12-11-24-9-3-13-32-19-6-1-5-18(14-19)28-23-26-10-7-20(30-23)21-16-27-22(29-21)17-4-2-8-25-15-17/h1-2,4-8,10,14-16,24,31H,3,9,11-13H2,(H,27,29)(H,26,28,30). The minimum atomic E-state index is 0.143. The van der Waals surface area contributed by atoms with Crippen molar-refractivity contribution in [2.24, 2.45) is 0 Å². The zero-order valence-electron chi connectivity index (χ0n) is 17.5. The first-order valence-corrected chi connectivity index (χ1v) is 10.4. The van der Waals surface area contributed by atoms with Crippen LogP contribution in [0.2, 0.25) is 0 Å². The van der Waals surface area contributed by atoms with Crippen molar-refractivity contribution in [1.82, 2.24) is 30.2 Å². The third kappa shape index (κ3) is 5.87. The fraction of sp³-hybridized carbons (Fsp3) is 0.217. The number of rotatable bonds is 11. The van der Waals surface area contributed by atoms with Crippen molar-refractivity contribution in [1.29, 1.82) is 0 Å². The summed E-state index contributed by atoms with van der Waals surface area (Å²) in [5, 5.41) is 15.1. The van der Waals surface area contributed by atoms with E-state index < -0.39 is 0 Å². The Morgan fingerprint density at radius 2 is 1.97 bits per heavy atom. The van der Waals surface area contributed by atoms with Gasteiger partial charge in [-0.3, -0.25) is 4.98 Å². The molecule has 0 aliphatic rings. The largest absolute Gasteiger partial charge is 0.493 e. The molecular weight excluding hydrogens is 406 g/mol. The summed E-state index contributed by atoms with van der Waals surface area (Å²) in [5.41, 5.74) is 3.26. The second-order valence-corrected chi connectivity index (χ2v) is 6.98. The topological polar surface area (TPSA) is 121 Å². The van der Waals surface area contributed by atoms with Crippen molar-refractivity contribution in [2.75, 3.05) is 31.6 Å². The Morgan fingerprint density at radius 3 is 2.84 bits per heavy atom. The molecule has 0 spiro atoms. The van der Waals surface area contributed by atoms with Crippen LogP contribution in [0, 0.1) is 0 Å². The van der Waals surface area contributed by atoms with Crippen molar-refractivity contribution in [3.8, 4) is 28.5 Å². The van der Waals surface area contributed by atoms with Gasteiger partial charge in [-0.2, -0.15) is 0 Å². The first-order chi connectivity index (χ1) is 15.8. The van der Waals surface area contributed by atoms with Crippen molar-refractivity contribution in [2.45, 2.75) is 6.42 Å². The summed E-state index contributed by atoms with van der Waals surface area (Å²) in [6.45, 7) is 2.13. The first kappa shape index (κ1) is 21.4. The number of pyridine rings is 1. The van der Waals surface area contributed by atoms with Gasteiger partial charge in [-0.1, -0.05) is 6.07 Å². The molecule has 4 N–H and O–H groups in total. The molecule has 0 bridgehead atoms. The predicted molar refractivity (Wildman–Crippen MR) is 123 cm³/mol. The molecule has 9 heteroatoms. The molecule has 0 fully saturated rings. The highest BCUT2D eigenvalue weighted by Crippen LogP contribution is 2.23. The van der Waals surface area contributed by atoms with Gasteiger partial charge in [0.05, 0.1) is 30.8 Å². The maximum absolute atomic E-state index is 8.76. The normalized spacial score (nSPS) is 10.8. The number of H-pyrrole nitrogens is 1. The van der Waals surface area contributed by atoms with Crippen molar-refractivity contribution in [3.63, 3.8) is 0 Å². The molecule has 0 saturated carbocycles. The Hall–Kier alpha value is -3.82. The monoisotopic (exact) mass is 431 g/mol. The third-order valence-electron chi connectivity index (χ3n) is 4.59. The lowest BCUT2D eigenvalue weighted by Gasteiger charge is -2.10. The highest BCUT2D eigenvalue weighted by Gasteiger charge is 2.08. The number of aromatic nitrogens is 5. The Labute approximate surface area is 186 Å². The van der Waals surface area contributed by atoms with E-state index >= 15 is 0 Å². The van der Waals surface area contributed by atoms with E-state index in [4.69, 9.17) is 9.84 Å². The van der Waals surface area contributed by atoms with Gasteiger partial charge >= 0.3 is 0 Å². The van der Waals surface area contributed by atoms with E-state index in [1.165, 1.54) is 0 Å². The molecule has 3 heterocycles. The molecule has 3 aromatic heterocycles. The number of hydrogen-bond donors (Lipinski definition) is 4. The number of nitrogens with one attached hydrogen (secondary N) is 3. The Kier molecular flexibility index (Phi) is 7.35. The Bertz CT molecular complexity index is 1120. The molecular formula is C23H25N7O2. The van der Waals surface area contributed by atoms with Gasteiger partial charge in [-0.25, -0.2) is 15.0 Å². The van der Waals surface area contributed by atoms with Crippen LogP contribution < -0.4 is 15.4 Å². The van der Waals surface area contributed by atoms with Crippen LogP contribution in [0.1, 0.15) is 6.42 Å². The summed E-state index contributed by atoms with van der Waals surface area (Å²) in [5.74, 6) is 1.98.